The average molecular weight is 216 g/mol. The number of hydrogen-bond donors (Lipinski definition) is 1. The number of methoxy groups -OCH3 is 1. The quantitative estimate of drug-likeness (QED) is 0.813. The van der Waals surface area contributed by atoms with Crippen molar-refractivity contribution in [3.05, 3.63) is 29.3 Å². The van der Waals surface area contributed by atoms with E-state index in [0.29, 0.717) is 18.2 Å². The van der Waals surface area contributed by atoms with Gasteiger partial charge in [0.15, 0.2) is 0 Å². The summed E-state index contributed by atoms with van der Waals surface area (Å²) in [7, 11) is 1.61. The molecule has 0 aliphatic rings. The van der Waals surface area contributed by atoms with E-state index in [1.807, 2.05) is 12.1 Å². The lowest BCUT2D eigenvalue weighted by molar-refractivity contribution is 0.152. The van der Waals surface area contributed by atoms with Crippen LogP contribution in [-0.4, -0.2) is 26.4 Å². The zero-order valence-electron chi connectivity index (χ0n) is 8.07. The lowest BCUT2D eigenvalue weighted by atomic mass is 10.3. The maximum Gasteiger partial charge on any atom is 0.120 e. The minimum Gasteiger partial charge on any atom is -0.492 e. The van der Waals surface area contributed by atoms with Gasteiger partial charge in [-0.2, -0.15) is 0 Å². The lowest BCUT2D eigenvalue weighted by Crippen LogP contribution is -2.32. The molecule has 14 heavy (non-hydrogen) atoms. The zero-order chi connectivity index (χ0) is 10.4. The van der Waals surface area contributed by atoms with Gasteiger partial charge in [0.2, 0.25) is 0 Å². The number of benzene rings is 1. The zero-order valence-corrected chi connectivity index (χ0v) is 8.83. The van der Waals surface area contributed by atoms with E-state index in [0.717, 1.165) is 5.75 Å². The molecule has 1 atom stereocenters. The molecule has 1 aromatic rings. The summed E-state index contributed by atoms with van der Waals surface area (Å²) in [6.07, 6.45) is 0. The fourth-order valence-electron chi connectivity index (χ4n) is 1.02. The number of nitrogens with two attached hydrogens (primary N) is 1. The second-order valence-electron chi connectivity index (χ2n) is 2.98. The second kappa shape index (κ2) is 5.86. The molecule has 0 heterocycles. The Bertz CT molecular complexity index is 281. The van der Waals surface area contributed by atoms with Crippen molar-refractivity contribution in [1.82, 2.24) is 0 Å². The van der Waals surface area contributed by atoms with E-state index in [2.05, 4.69) is 0 Å². The summed E-state index contributed by atoms with van der Waals surface area (Å²) >= 11 is 5.79. The van der Waals surface area contributed by atoms with Crippen molar-refractivity contribution >= 4 is 11.6 Å². The predicted molar refractivity (Wildman–Crippen MR) is 56.8 cm³/mol. The molecule has 0 spiro atoms. The van der Waals surface area contributed by atoms with Crippen molar-refractivity contribution in [3.8, 4) is 5.75 Å². The first-order valence-electron chi connectivity index (χ1n) is 4.35. The summed E-state index contributed by atoms with van der Waals surface area (Å²) in [6.45, 7) is 0.911. The minimum absolute atomic E-state index is 0.112. The van der Waals surface area contributed by atoms with Gasteiger partial charge in [0.25, 0.3) is 0 Å². The summed E-state index contributed by atoms with van der Waals surface area (Å²) < 4.78 is 10.3. The predicted octanol–water partition coefficient (Wildman–Crippen LogP) is 1.69. The van der Waals surface area contributed by atoms with Gasteiger partial charge in [-0.15, -0.1) is 0 Å². The molecular weight excluding hydrogens is 202 g/mol. The molecule has 0 saturated heterocycles. The first-order chi connectivity index (χ1) is 6.72. The van der Waals surface area contributed by atoms with Gasteiger partial charge < -0.3 is 15.2 Å². The van der Waals surface area contributed by atoms with Gasteiger partial charge in [-0.1, -0.05) is 17.7 Å². The Morgan fingerprint density at radius 2 is 2.21 bits per heavy atom. The number of halogens is 1. The molecule has 0 fully saturated rings. The highest BCUT2D eigenvalue weighted by atomic mass is 35.5. The van der Waals surface area contributed by atoms with Crippen LogP contribution < -0.4 is 10.5 Å². The van der Waals surface area contributed by atoms with Crippen LogP contribution in [0.1, 0.15) is 0 Å². The molecule has 0 radical (unpaired) electrons. The van der Waals surface area contributed by atoms with Gasteiger partial charge in [-0.25, -0.2) is 0 Å². The summed E-state index contributed by atoms with van der Waals surface area (Å²) in [5, 5.41) is 0.655. The molecule has 0 aliphatic carbocycles. The topological polar surface area (TPSA) is 44.5 Å². The van der Waals surface area contributed by atoms with Gasteiger partial charge in [-0.05, 0) is 18.2 Å². The highest BCUT2D eigenvalue weighted by Crippen LogP contribution is 2.16. The smallest absolute Gasteiger partial charge is 0.120 e. The normalized spacial score (nSPS) is 12.5. The third-order valence-corrected chi connectivity index (χ3v) is 1.88. The van der Waals surface area contributed by atoms with Crippen molar-refractivity contribution in [2.75, 3.05) is 20.3 Å². The van der Waals surface area contributed by atoms with Gasteiger partial charge in [0.05, 0.1) is 12.6 Å². The Balaban J connectivity index is 2.37. The monoisotopic (exact) mass is 215 g/mol. The van der Waals surface area contributed by atoms with Crippen LogP contribution in [0, 0.1) is 0 Å². The van der Waals surface area contributed by atoms with Crippen LogP contribution >= 0.6 is 11.6 Å². The molecular formula is C10H14ClNO2. The Labute approximate surface area is 88.8 Å². The summed E-state index contributed by atoms with van der Waals surface area (Å²) in [5.41, 5.74) is 5.69. The molecule has 0 saturated carbocycles. The van der Waals surface area contributed by atoms with Gasteiger partial charge >= 0.3 is 0 Å². The molecule has 78 valence electrons. The number of ether oxygens (including phenoxy) is 2. The highest BCUT2D eigenvalue weighted by molar-refractivity contribution is 6.30. The van der Waals surface area contributed by atoms with E-state index in [1.165, 1.54) is 0 Å². The Morgan fingerprint density at radius 1 is 1.43 bits per heavy atom. The van der Waals surface area contributed by atoms with Gasteiger partial charge in [0, 0.05) is 12.1 Å². The minimum atomic E-state index is -0.112. The van der Waals surface area contributed by atoms with Crippen molar-refractivity contribution in [2.45, 2.75) is 6.04 Å². The summed E-state index contributed by atoms with van der Waals surface area (Å²) in [6, 6.07) is 7.11. The average Bonchev–Trinajstić information content (AvgIpc) is 2.15. The van der Waals surface area contributed by atoms with Crippen LogP contribution in [0.5, 0.6) is 5.75 Å². The Kier molecular flexibility index (Phi) is 4.73. The SMILES string of the molecule is COCC(N)COc1cccc(Cl)c1. The highest BCUT2D eigenvalue weighted by Gasteiger charge is 2.02. The first-order valence-corrected chi connectivity index (χ1v) is 4.73. The number of hydrogen-bond acceptors (Lipinski definition) is 3. The van der Waals surface area contributed by atoms with E-state index < -0.39 is 0 Å². The summed E-state index contributed by atoms with van der Waals surface area (Å²) in [5.74, 6) is 0.726. The van der Waals surface area contributed by atoms with E-state index in [1.54, 1.807) is 19.2 Å². The van der Waals surface area contributed by atoms with E-state index in [9.17, 15) is 0 Å². The van der Waals surface area contributed by atoms with E-state index >= 15 is 0 Å². The largest absolute Gasteiger partial charge is 0.492 e. The van der Waals surface area contributed by atoms with Gasteiger partial charge in [-0.3, -0.25) is 0 Å². The van der Waals surface area contributed by atoms with Crippen LogP contribution in [0.4, 0.5) is 0 Å². The lowest BCUT2D eigenvalue weighted by Gasteiger charge is -2.12. The van der Waals surface area contributed by atoms with Gasteiger partial charge in [0.1, 0.15) is 12.4 Å². The van der Waals surface area contributed by atoms with Crippen LogP contribution in [-0.2, 0) is 4.74 Å². The van der Waals surface area contributed by atoms with Crippen LogP contribution in [0.3, 0.4) is 0 Å². The van der Waals surface area contributed by atoms with Crippen LogP contribution in [0.25, 0.3) is 0 Å². The van der Waals surface area contributed by atoms with Crippen molar-refractivity contribution in [3.63, 3.8) is 0 Å². The maximum absolute atomic E-state index is 5.79. The standard InChI is InChI=1S/C10H14ClNO2/c1-13-6-9(12)7-14-10-4-2-3-8(11)5-10/h2-5,9H,6-7,12H2,1H3. The molecule has 1 aromatic carbocycles. The molecule has 1 unspecified atom stereocenters. The fourth-order valence-corrected chi connectivity index (χ4v) is 1.20. The van der Waals surface area contributed by atoms with E-state index in [-0.39, 0.29) is 6.04 Å². The molecule has 0 aromatic heterocycles. The van der Waals surface area contributed by atoms with Crippen LogP contribution in [0.2, 0.25) is 5.02 Å². The van der Waals surface area contributed by atoms with Crippen molar-refractivity contribution in [1.29, 1.82) is 0 Å². The number of rotatable bonds is 5. The molecule has 0 bridgehead atoms. The van der Waals surface area contributed by atoms with E-state index in [4.69, 9.17) is 26.8 Å². The first kappa shape index (κ1) is 11.3. The second-order valence-corrected chi connectivity index (χ2v) is 3.42. The van der Waals surface area contributed by atoms with Crippen LogP contribution in [0.15, 0.2) is 24.3 Å². The van der Waals surface area contributed by atoms with Crippen molar-refractivity contribution in [2.24, 2.45) is 5.73 Å². The summed E-state index contributed by atoms with van der Waals surface area (Å²) in [4.78, 5) is 0. The molecule has 3 nitrogen and oxygen atoms in total. The Hall–Kier alpha value is -0.770. The molecule has 0 amide bonds. The molecule has 4 heteroatoms. The molecule has 2 N–H and O–H groups in total. The Morgan fingerprint density at radius 3 is 2.86 bits per heavy atom. The third-order valence-electron chi connectivity index (χ3n) is 1.64. The fraction of sp³-hybridized carbons (Fsp3) is 0.400. The molecule has 1 rings (SSSR count). The third kappa shape index (κ3) is 3.96. The maximum atomic E-state index is 5.79. The molecule has 0 aliphatic heterocycles. The van der Waals surface area contributed by atoms with Crippen molar-refractivity contribution < 1.29 is 9.47 Å².